The Balaban J connectivity index is 1.30. The Morgan fingerprint density at radius 3 is 2.67 bits per heavy atom. The summed E-state index contributed by atoms with van der Waals surface area (Å²) in [5, 5.41) is 0.402. The van der Waals surface area contributed by atoms with Gasteiger partial charge < -0.3 is 19.4 Å². The number of anilines is 1. The van der Waals surface area contributed by atoms with Gasteiger partial charge in [0.05, 0.1) is 10.9 Å². The van der Waals surface area contributed by atoms with Gasteiger partial charge in [0.25, 0.3) is 5.91 Å². The Labute approximate surface area is 260 Å². The van der Waals surface area contributed by atoms with Gasteiger partial charge in [-0.2, -0.15) is 9.97 Å². The summed E-state index contributed by atoms with van der Waals surface area (Å²) < 4.78 is 36.8. The number of halogens is 2. The highest BCUT2D eigenvalue weighted by atomic mass is 19.1. The standard InChI is InChI=1S/C33H36F2N8O2/c1-21(34)31(44)43-14-13-41(19-23(43)16-36-2)30-26-18-38-28(25-17-37-15-22-7-3-4-8-24(22)25)27(35)29(26)39-32(40-30)45-20-33-9-5-11-42(33)12-6-10-33/h15,17-18,23H,1,3-14,16,19-20H2/t23-/m0/s1. The predicted octanol–water partition coefficient (Wildman–Crippen LogP) is 4.53. The first kappa shape index (κ1) is 29.5. The maximum Gasteiger partial charge on any atom is 0.319 e. The van der Waals surface area contributed by atoms with E-state index in [2.05, 4.69) is 31.3 Å². The molecule has 45 heavy (non-hydrogen) atoms. The molecule has 3 saturated heterocycles. The van der Waals surface area contributed by atoms with Crippen LogP contribution in [0.15, 0.2) is 31.0 Å². The van der Waals surface area contributed by atoms with Crippen molar-refractivity contribution in [3.63, 3.8) is 0 Å². The van der Waals surface area contributed by atoms with Gasteiger partial charge in [0.1, 0.15) is 29.7 Å². The van der Waals surface area contributed by atoms with E-state index in [1.807, 2.05) is 11.1 Å². The summed E-state index contributed by atoms with van der Waals surface area (Å²) in [6.45, 7) is 13.7. The van der Waals surface area contributed by atoms with Crippen molar-refractivity contribution < 1.29 is 18.3 Å². The number of piperazine rings is 1. The van der Waals surface area contributed by atoms with Gasteiger partial charge in [0.2, 0.25) is 6.54 Å². The third-order valence-electron chi connectivity index (χ3n) is 10.0. The Kier molecular flexibility index (Phi) is 7.81. The summed E-state index contributed by atoms with van der Waals surface area (Å²) in [6.07, 6.45) is 13.3. The molecule has 3 aromatic rings. The number of hydrogen-bond acceptors (Lipinski definition) is 8. The fraction of sp³-hybridized carbons (Fsp3) is 0.515. The lowest BCUT2D eigenvalue weighted by Crippen LogP contribution is -2.56. The van der Waals surface area contributed by atoms with E-state index in [4.69, 9.17) is 16.3 Å². The molecule has 1 atom stereocenters. The van der Waals surface area contributed by atoms with Crippen LogP contribution in [-0.2, 0) is 17.6 Å². The van der Waals surface area contributed by atoms with Crippen LogP contribution in [0.3, 0.4) is 0 Å². The Morgan fingerprint density at radius 1 is 1.09 bits per heavy atom. The van der Waals surface area contributed by atoms with Gasteiger partial charge in [0.15, 0.2) is 11.6 Å². The van der Waals surface area contributed by atoms with Crippen molar-refractivity contribution in [2.45, 2.75) is 62.9 Å². The molecule has 0 bridgehead atoms. The molecular formula is C33H36F2N8O2. The number of carbonyl (C=O) groups excluding carboxylic acids is 1. The largest absolute Gasteiger partial charge is 0.461 e. The molecule has 0 aromatic carbocycles. The van der Waals surface area contributed by atoms with Crippen molar-refractivity contribution in [1.29, 1.82) is 0 Å². The zero-order chi connectivity index (χ0) is 31.1. The Hall–Kier alpha value is -4.24. The summed E-state index contributed by atoms with van der Waals surface area (Å²) in [5.41, 5.74) is 3.11. The van der Waals surface area contributed by atoms with Gasteiger partial charge in [-0.3, -0.25) is 19.7 Å². The molecule has 0 spiro atoms. The van der Waals surface area contributed by atoms with Crippen LogP contribution in [0.25, 0.3) is 27.0 Å². The molecular weight excluding hydrogens is 578 g/mol. The molecule has 3 aromatic heterocycles. The summed E-state index contributed by atoms with van der Waals surface area (Å²) >= 11 is 0. The van der Waals surface area contributed by atoms with Crippen LogP contribution in [0, 0.1) is 12.4 Å². The second kappa shape index (κ2) is 11.9. The van der Waals surface area contributed by atoms with E-state index in [1.165, 1.54) is 4.90 Å². The predicted molar refractivity (Wildman–Crippen MR) is 165 cm³/mol. The molecule has 0 N–H and O–H groups in total. The van der Waals surface area contributed by atoms with Crippen molar-refractivity contribution in [3.8, 4) is 17.3 Å². The van der Waals surface area contributed by atoms with Crippen LogP contribution in [0.5, 0.6) is 6.01 Å². The van der Waals surface area contributed by atoms with Crippen LogP contribution < -0.4 is 9.64 Å². The van der Waals surface area contributed by atoms with Crippen molar-refractivity contribution in [1.82, 2.24) is 29.7 Å². The first-order valence-corrected chi connectivity index (χ1v) is 15.8. The molecule has 3 aliphatic heterocycles. The average molecular weight is 615 g/mol. The van der Waals surface area contributed by atoms with E-state index in [1.54, 1.807) is 12.4 Å². The number of ether oxygens (including phenoxy) is 1. The molecule has 3 fully saturated rings. The SMILES string of the molecule is [C-]#[N+]C[C@H]1CN(c2nc(OCC34CCCN3CCC4)nc3c(F)c(-c4cncc5c4CCCC5)ncc23)CCN1C(=O)C(=C)F. The zero-order valence-corrected chi connectivity index (χ0v) is 25.3. The second-order valence-corrected chi connectivity index (χ2v) is 12.6. The zero-order valence-electron chi connectivity index (χ0n) is 25.3. The lowest BCUT2D eigenvalue weighted by molar-refractivity contribution is -0.131. The molecule has 234 valence electrons. The number of pyridine rings is 2. The minimum absolute atomic E-state index is 0.0247. The fourth-order valence-electron chi connectivity index (χ4n) is 7.77. The highest BCUT2D eigenvalue weighted by molar-refractivity contribution is 5.93. The Morgan fingerprint density at radius 2 is 1.89 bits per heavy atom. The van der Waals surface area contributed by atoms with E-state index in [0.717, 1.165) is 75.6 Å². The van der Waals surface area contributed by atoms with Crippen molar-refractivity contribution in [2.75, 3.05) is 50.8 Å². The maximum atomic E-state index is 16.7. The first-order valence-electron chi connectivity index (χ1n) is 15.8. The summed E-state index contributed by atoms with van der Waals surface area (Å²) in [6, 6.07) is -0.527. The first-order chi connectivity index (χ1) is 21.9. The highest BCUT2D eigenvalue weighted by Crippen LogP contribution is 2.40. The van der Waals surface area contributed by atoms with Gasteiger partial charge in [-0.05, 0) is 75.6 Å². The van der Waals surface area contributed by atoms with Crippen molar-refractivity contribution in [3.05, 3.63) is 59.4 Å². The number of amides is 1. The van der Waals surface area contributed by atoms with Gasteiger partial charge in [-0.1, -0.05) is 6.58 Å². The van der Waals surface area contributed by atoms with Crippen LogP contribution in [-0.4, -0.2) is 93.1 Å². The molecule has 6 heterocycles. The fourth-order valence-corrected chi connectivity index (χ4v) is 7.77. The van der Waals surface area contributed by atoms with Crippen LogP contribution in [0.1, 0.15) is 49.7 Å². The maximum absolute atomic E-state index is 16.7. The quantitative estimate of drug-likeness (QED) is 0.283. The molecule has 1 aliphatic carbocycles. The normalized spacial score (nSPS) is 21.0. The lowest BCUT2D eigenvalue weighted by atomic mass is 9.89. The average Bonchev–Trinajstić information content (AvgIpc) is 3.64. The molecule has 10 nitrogen and oxygen atoms in total. The van der Waals surface area contributed by atoms with E-state index < -0.39 is 23.6 Å². The second-order valence-electron chi connectivity index (χ2n) is 12.6. The number of carbonyl (C=O) groups is 1. The third kappa shape index (κ3) is 5.27. The number of rotatable bonds is 7. The molecule has 1 amide bonds. The lowest BCUT2D eigenvalue weighted by Gasteiger charge is -2.39. The molecule has 7 rings (SSSR count). The number of aromatic nitrogens is 4. The van der Waals surface area contributed by atoms with Gasteiger partial charge in [-0.25, -0.2) is 15.4 Å². The van der Waals surface area contributed by atoms with E-state index >= 15 is 4.39 Å². The summed E-state index contributed by atoms with van der Waals surface area (Å²) in [5.74, 6) is -2.04. The van der Waals surface area contributed by atoms with E-state index in [9.17, 15) is 9.18 Å². The van der Waals surface area contributed by atoms with Gasteiger partial charge in [0, 0.05) is 43.8 Å². The van der Waals surface area contributed by atoms with Gasteiger partial charge >= 0.3 is 6.01 Å². The molecule has 4 aliphatic rings. The number of nitrogens with zero attached hydrogens (tertiary/aromatic N) is 8. The van der Waals surface area contributed by atoms with Crippen LogP contribution in [0.2, 0.25) is 0 Å². The summed E-state index contributed by atoms with van der Waals surface area (Å²) in [4.78, 5) is 40.2. The summed E-state index contributed by atoms with van der Waals surface area (Å²) in [7, 11) is 0. The van der Waals surface area contributed by atoms with Crippen LogP contribution in [0.4, 0.5) is 14.6 Å². The number of hydrogen-bond donors (Lipinski definition) is 0. The monoisotopic (exact) mass is 614 g/mol. The number of aryl methyl sites for hydroxylation is 1. The topological polar surface area (TPSA) is 91.9 Å². The number of fused-ring (bicyclic) bond motifs is 3. The molecule has 0 radical (unpaired) electrons. The van der Waals surface area contributed by atoms with Crippen LogP contribution >= 0.6 is 0 Å². The third-order valence-corrected chi connectivity index (χ3v) is 10.0. The molecule has 0 unspecified atom stereocenters. The van der Waals surface area contributed by atoms with E-state index in [0.29, 0.717) is 23.4 Å². The van der Waals surface area contributed by atoms with E-state index in [-0.39, 0.29) is 48.9 Å². The van der Waals surface area contributed by atoms with Crippen molar-refractivity contribution >= 4 is 22.6 Å². The minimum atomic E-state index is -1.06. The molecule has 12 heteroatoms. The Bertz CT molecular complexity index is 1700. The smallest absolute Gasteiger partial charge is 0.319 e. The highest BCUT2D eigenvalue weighted by Gasteiger charge is 2.45. The minimum Gasteiger partial charge on any atom is -0.461 e. The van der Waals surface area contributed by atoms with Gasteiger partial charge in [-0.15, -0.1) is 0 Å². The van der Waals surface area contributed by atoms with Crippen molar-refractivity contribution in [2.24, 2.45) is 0 Å². The molecule has 0 saturated carbocycles.